The van der Waals surface area contributed by atoms with E-state index in [9.17, 15) is 0 Å². The molecular weight excluding hydrogens is 302 g/mol. The molecule has 0 saturated carbocycles. The fraction of sp³-hybridized carbons (Fsp3) is 0.400. The molecule has 100 valence electrons. The van der Waals surface area contributed by atoms with Gasteiger partial charge in [0.2, 0.25) is 0 Å². The smallest absolute Gasteiger partial charge is 0.0867 e. The van der Waals surface area contributed by atoms with Gasteiger partial charge in [0.1, 0.15) is 0 Å². The zero-order chi connectivity index (χ0) is 13.4. The van der Waals surface area contributed by atoms with Crippen LogP contribution in [0.5, 0.6) is 0 Å². The molecule has 1 aliphatic heterocycles. The van der Waals surface area contributed by atoms with E-state index in [1.165, 1.54) is 11.1 Å². The summed E-state index contributed by atoms with van der Waals surface area (Å²) in [5, 5.41) is 1.24. The molecule has 1 aromatic carbocycles. The molecule has 19 heavy (non-hydrogen) atoms. The van der Waals surface area contributed by atoms with Crippen molar-refractivity contribution >= 4 is 32.5 Å². The van der Waals surface area contributed by atoms with E-state index in [4.69, 9.17) is 0 Å². The lowest BCUT2D eigenvalue weighted by Crippen LogP contribution is -2.44. The molecule has 2 heterocycles. The fourth-order valence-electron chi connectivity index (χ4n) is 2.63. The summed E-state index contributed by atoms with van der Waals surface area (Å²) in [6.07, 6.45) is 0. The highest BCUT2D eigenvalue weighted by Gasteiger charge is 2.17. The summed E-state index contributed by atoms with van der Waals surface area (Å²) in [7, 11) is 2.18. The van der Waals surface area contributed by atoms with Crippen molar-refractivity contribution in [2.24, 2.45) is 0 Å². The van der Waals surface area contributed by atoms with Gasteiger partial charge < -0.3 is 9.80 Å². The zero-order valence-corrected chi connectivity index (χ0v) is 12.9. The number of fused-ring (bicyclic) bond motifs is 1. The van der Waals surface area contributed by atoms with Gasteiger partial charge in [-0.05, 0) is 42.0 Å². The summed E-state index contributed by atoms with van der Waals surface area (Å²) in [6, 6.07) is 8.52. The van der Waals surface area contributed by atoms with Crippen LogP contribution in [0, 0.1) is 6.92 Å². The number of pyridine rings is 1. The maximum atomic E-state index is 4.66. The molecule has 4 heteroatoms. The van der Waals surface area contributed by atoms with Crippen molar-refractivity contribution in [3.63, 3.8) is 0 Å². The highest BCUT2D eigenvalue weighted by Crippen LogP contribution is 2.31. The van der Waals surface area contributed by atoms with Crippen molar-refractivity contribution < 1.29 is 0 Å². The van der Waals surface area contributed by atoms with Gasteiger partial charge in [0.15, 0.2) is 0 Å². The molecule has 0 atom stereocenters. The Bertz CT molecular complexity index is 604. The van der Waals surface area contributed by atoms with Crippen molar-refractivity contribution in [3.8, 4) is 0 Å². The number of aryl methyl sites for hydroxylation is 1. The second kappa shape index (κ2) is 5.10. The third-order valence-electron chi connectivity index (χ3n) is 3.74. The maximum Gasteiger partial charge on any atom is 0.0867 e. The largest absolute Gasteiger partial charge is 0.368 e. The van der Waals surface area contributed by atoms with E-state index in [0.29, 0.717) is 0 Å². The minimum Gasteiger partial charge on any atom is -0.368 e. The average Bonchev–Trinajstić information content (AvgIpc) is 2.40. The Labute approximate surface area is 122 Å². The van der Waals surface area contributed by atoms with Crippen molar-refractivity contribution in [2.75, 3.05) is 38.1 Å². The van der Waals surface area contributed by atoms with Crippen LogP contribution in [-0.2, 0) is 0 Å². The quantitative estimate of drug-likeness (QED) is 0.805. The van der Waals surface area contributed by atoms with Gasteiger partial charge in [0, 0.05) is 47.4 Å². The number of hydrogen-bond acceptors (Lipinski definition) is 3. The second-order valence-electron chi connectivity index (χ2n) is 5.21. The summed E-state index contributed by atoms with van der Waals surface area (Å²) in [5.74, 6) is 0. The Hall–Kier alpha value is -1.13. The number of halogens is 1. The molecule has 3 nitrogen and oxygen atoms in total. The number of likely N-dealkylation sites (N-methyl/N-ethyl adjacent to an activating group) is 1. The molecular formula is C15H18BrN3. The number of para-hydroxylation sites is 1. The summed E-state index contributed by atoms with van der Waals surface area (Å²) < 4.78 is 1.07. The standard InChI is InChI=1S/C15H18BrN3/c1-11-10-14(19-8-6-18(2)7-9-19)12-4-3-5-13(16)15(12)17-11/h3-5,10H,6-9H2,1-2H3. The molecule has 0 amide bonds. The number of piperazine rings is 1. The van der Waals surface area contributed by atoms with Crippen LogP contribution >= 0.6 is 15.9 Å². The van der Waals surface area contributed by atoms with E-state index >= 15 is 0 Å². The molecule has 0 unspecified atom stereocenters. The minimum absolute atomic E-state index is 1.07. The highest BCUT2D eigenvalue weighted by atomic mass is 79.9. The molecule has 1 aromatic heterocycles. The van der Waals surface area contributed by atoms with Crippen molar-refractivity contribution in [2.45, 2.75) is 6.92 Å². The molecule has 1 aliphatic rings. The lowest BCUT2D eigenvalue weighted by molar-refractivity contribution is 0.313. The first-order chi connectivity index (χ1) is 9.15. The van der Waals surface area contributed by atoms with Gasteiger partial charge >= 0.3 is 0 Å². The summed E-state index contributed by atoms with van der Waals surface area (Å²) in [5.41, 5.74) is 3.46. The van der Waals surface area contributed by atoms with Gasteiger partial charge in [-0.2, -0.15) is 0 Å². The van der Waals surface area contributed by atoms with Gasteiger partial charge in [-0.1, -0.05) is 12.1 Å². The molecule has 1 saturated heterocycles. The van der Waals surface area contributed by atoms with Crippen LogP contribution in [0.3, 0.4) is 0 Å². The van der Waals surface area contributed by atoms with Crippen LogP contribution < -0.4 is 4.90 Å². The molecule has 0 spiro atoms. The maximum absolute atomic E-state index is 4.66. The summed E-state index contributed by atoms with van der Waals surface area (Å²) in [4.78, 5) is 9.51. The average molecular weight is 320 g/mol. The monoisotopic (exact) mass is 319 g/mol. The van der Waals surface area contributed by atoms with Crippen LogP contribution in [0.4, 0.5) is 5.69 Å². The molecule has 3 rings (SSSR count). The van der Waals surface area contributed by atoms with E-state index in [1.807, 2.05) is 0 Å². The lowest BCUT2D eigenvalue weighted by Gasteiger charge is -2.34. The Morgan fingerprint density at radius 2 is 1.89 bits per heavy atom. The van der Waals surface area contributed by atoms with E-state index < -0.39 is 0 Å². The Kier molecular flexibility index (Phi) is 3.46. The molecule has 1 fully saturated rings. The van der Waals surface area contributed by atoms with Gasteiger partial charge in [0.25, 0.3) is 0 Å². The molecule has 2 aromatic rings. The lowest BCUT2D eigenvalue weighted by atomic mass is 10.1. The third kappa shape index (κ3) is 2.47. The highest BCUT2D eigenvalue weighted by molar-refractivity contribution is 9.10. The van der Waals surface area contributed by atoms with E-state index in [-0.39, 0.29) is 0 Å². The first-order valence-corrected chi connectivity index (χ1v) is 7.44. The number of rotatable bonds is 1. The van der Waals surface area contributed by atoms with Crippen molar-refractivity contribution in [1.29, 1.82) is 0 Å². The van der Waals surface area contributed by atoms with Crippen molar-refractivity contribution in [1.82, 2.24) is 9.88 Å². The molecule has 0 aliphatic carbocycles. The van der Waals surface area contributed by atoms with E-state index in [0.717, 1.165) is 41.9 Å². The Morgan fingerprint density at radius 1 is 1.16 bits per heavy atom. The van der Waals surface area contributed by atoms with Gasteiger partial charge in [-0.15, -0.1) is 0 Å². The van der Waals surface area contributed by atoms with Crippen LogP contribution in [0.1, 0.15) is 5.69 Å². The second-order valence-corrected chi connectivity index (χ2v) is 6.06. The number of nitrogens with zero attached hydrogens (tertiary/aromatic N) is 3. The topological polar surface area (TPSA) is 19.4 Å². The first-order valence-electron chi connectivity index (χ1n) is 6.64. The third-order valence-corrected chi connectivity index (χ3v) is 4.38. The fourth-order valence-corrected chi connectivity index (χ4v) is 3.08. The van der Waals surface area contributed by atoms with Crippen LogP contribution in [0.25, 0.3) is 10.9 Å². The normalized spacial score (nSPS) is 17.1. The number of benzene rings is 1. The predicted octanol–water partition coefficient (Wildman–Crippen LogP) is 3.06. The Morgan fingerprint density at radius 3 is 2.63 bits per heavy atom. The predicted molar refractivity (Wildman–Crippen MR) is 83.9 cm³/mol. The number of anilines is 1. The number of aromatic nitrogens is 1. The summed E-state index contributed by atoms with van der Waals surface area (Å²) >= 11 is 3.61. The van der Waals surface area contributed by atoms with Gasteiger partial charge in [-0.25, -0.2) is 0 Å². The first kappa shape index (κ1) is 12.9. The van der Waals surface area contributed by atoms with Crippen LogP contribution in [0.15, 0.2) is 28.7 Å². The zero-order valence-electron chi connectivity index (χ0n) is 11.4. The Balaban J connectivity index is 2.10. The van der Waals surface area contributed by atoms with Crippen LogP contribution in [0.2, 0.25) is 0 Å². The minimum atomic E-state index is 1.07. The molecule has 0 N–H and O–H groups in total. The van der Waals surface area contributed by atoms with E-state index in [2.05, 4.69) is 69.0 Å². The van der Waals surface area contributed by atoms with Crippen molar-refractivity contribution in [3.05, 3.63) is 34.4 Å². The molecule has 0 radical (unpaired) electrons. The van der Waals surface area contributed by atoms with Crippen LogP contribution in [-0.4, -0.2) is 43.1 Å². The number of hydrogen-bond donors (Lipinski definition) is 0. The summed E-state index contributed by atoms with van der Waals surface area (Å²) in [6.45, 7) is 6.48. The SMILES string of the molecule is Cc1cc(N2CCN(C)CC2)c2cccc(Br)c2n1. The van der Waals surface area contributed by atoms with E-state index in [1.54, 1.807) is 0 Å². The van der Waals surface area contributed by atoms with Gasteiger partial charge in [-0.3, -0.25) is 4.98 Å². The molecule has 0 bridgehead atoms. The van der Waals surface area contributed by atoms with Gasteiger partial charge in [0.05, 0.1) is 5.52 Å².